The minimum absolute atomic E-state index is 0.276. The Morgan fingerprint density at radius 1 is 0.302 bits per heavy atom. The van der Waals surface area contributed by atoms with E-state index in [9.17, 15) is 0 Å². The van der Waals surface area contributed by atoms with Crippen molar-refractivity contribution in [3.63, 3.8) is 0 Å². The van der Waals surface area contributed by atoms with Gasteiger partial charge in [0.15, 0.2) is 0 Å². The Morgan fingerprint density at radius 3 is 1.28 bits per heavy atom. The third-order valence-electron chi connectivity index (χ3n) is 10.3. The first kappa shape index (κ1) is 30.9. The van der Waals surface area contributed by atoms with Crippen molar-refractivity contribution in [2.75, 3.05) is 0 Å². The summed E-state index contributed by atoms with van der Waals surface area (Å²) in [5, 5.41) is 4.20. The summed E-state index contributed by atoms with van der Waals surface area (Å²) in [7, 11) is 0. The van der Waals surface area contributed by atoms with E-state index in [0.29, 0.717) is 27.9 Å². The molecule has 0 bridgehead atoms. The second-order valence-electron chi connectivity index (χ2n) is 13.3. The van der Waals surface area contributed by atoms with Crippen molar-refractivity contribution < 1.29 is 13.2 Å². The van der Waals surface area contributed by atoms with Crippen LogP contribution in [0, 0.1) is 17.5 Å². The van der Waals surface area contributed by atoms with E-state index in [0.717, 1.165) is 60.4 Å². The average Bonchev–Trinajstić information content (AvgIpc) is 3.70. The molecule has 0 amide bonds. The smallest absolute Gasteiger partial charge is 0.147 e. The maximum Gasteiger partial charge on any atom is 0.147 e. The van der Waals surface area contributed by atoms with Crippen LogP contribution in [0.15, 0.2) is 176 Å². The summed E-state index contributed by atoms with van der Waals surface area (Å²) in [5.74, 6) is -0.962. The van der Waals surface area contributed by atoms with Crippen LogP contribution < -0.4 is 0 Å². The fourth-order valence-corrected chi connectivity index (χ4v) is 7.92. The standard InChI is InChI=1S/C48H29F3N2/c49-41-15-5-1-11-35(41)32-25-33(36-12-2-6-16-42(36)50)27-34(26-32)52-44-18-8-3-13-37(44)39-28-30(21-23-46(39)52)31-22-24-47-40(29-31)38-14-4-9-19-45(38)53(47)48-20-10-7-17-43(48)51/h1-29H. The van der Waals surface area contributed by atoms with Crippen LogP contribution in [0.3, 0.4) is 0 Å². The third kappa shape index (κ3) is 4.96. The zero-order valence-corrected chi connectivity index (χ0v) is 28.3. The van der Waals surface area contributed by atoms with Gasteiger partial charge in [0, 0.05) is 38.4 Å². The fraction of sp³-hybridized carbons (Fsp3) is 0. The molecule has 0 aliphatic carbocycles. The lowest BCUT2D eigenvalue weighted by atomic mass is 9.97. The lowest BCUT2D eigenvalue weighted by Crippen LogP contribution is -1.97. The van der Waals surface area contributed by atoms with Crippen LogP contribution in [0.5, 0.6) is 0 Å². The second-order valence-corrected chi connectivity index (χ2v) is 13.3. The summed E-state index contributed by atoms with van der Waals surface area (Å²) in [4.78, 5) is 0. The minimum atomic E-state index is -0.343. The molecule has 0 saturated carbocycles. The Bertz CT molecular complexity index is 3000. The lowest BCUT2D eigenvalue weighted by molar-refractivity contribution is 0.621. The number of rotatable bonds is 5. The molecular weight excluding hydrogens is 662 g/mol. The number of halogens is 3. The van der Waals surface area contributed by atoms with E-state index < -0.39 is 0 Å². The van der Waals surface area contributed by atoms with Gasteiger partial charge in [-0.05, 0) is 101 Å². The van der Waals surface area contributed by atoms with Crippen LogP contribution in [0.1, 0.15) is 0 Å². The van der Waals surface area contributed by atoms with Gasteiger partial charge >= 0.3 is 0 Å². The number of aromatic nitrogens is 2. The molecule has 5 heteroatoms. The van der Waals surface area contributed by atoms with E-state index in [1.54, 1.807) is 30.3 Å². The van der Waals surface area contributed by atoms with Gasteiger partial charge in [0.1, 0.15) is 17.5 Å². The van der Waals surface area contributed by atoms with Crippen molar-refractivity contribution in [2.24, 2.45) is 0 Å². The first-order valence-electron chi connectivity index (χ1n) is 17.5. The highest BCUT2D eigenvalue weighted by Crippen LogP contribution is 2.40. The highest BCUT2D eigenvalue weighted by molar-refractivity contribution is 6.12. The maximum absolute atomic E-state index is 15.3. The summed E-state index contributed by atoms with van der Waals surface area (Å²) >= 11 is 0. The molecule has 53 heavy (non-hydrogen) atoms. The Labute approximate surface area is 303 Å². The van der Waals surface area contributed by atoms with Crippen LogP contribution in [-0.2, 0) is 0 Å². The van der Waals surface area contributed by atoms with Crippen LogP contribution >= 0.6 is 0 Å². The molecule has 0 atom stereocenters. The molecule has 0 aliphatic heterocycles. The van der Waals surface area contributed by atoms with E-state index in [4.69, 9.17) is 0 Å². The van der Waals surface area contributed by atoms with Crippen LogP contribution in [0.4, 0.5) is 13.2 Å². The van der Waals surface area contributed by atoms with Crippen molar-refractivity contribution in [2.45, 2.75) is 0 Å². The Morgan fingerprint density at radius 2 is 0.736 bits per heavy atom. The molecule has 0 radical (unpaired) electrons. The summed E-state index contributed by atoms with van der Waals surface area (Å²) in [6, 6.07) is 55.2. The van der Waals surface area contributed by atoms with E-state index in [-0.39, 0.29) is 17.5 Å². The normalized spacial score (nSPS) is 11.7. The zero-order chi connectivity index (χ0) is 35.6. The van der Waals surface area contributed by atoms with E-state index in [2.05, 4.69) is 59.2 Å². The summed E-state index contributed by atoms with van der Waals surface area (Å²) in [6.07, 6.45) is 0. The third-order valence-corrected chi connectivity index (χ3v) is 10.3. The largest absolute Gasteiger partial charge is 0.309 e. The summed E-state index contributed by atoms with van der Waals surface area (Å²) in [6.45, 7) is 0. The number of fused-ring (bicyclic) bond motifs is 6. The molecule has 0 spiro atoms. The van der Waals surface area contributed by atoms with Gasteiger partial charge in [0.05, 0.1) is 27.8 Å². The molecule has 8 aromatic carbocycles. The first-order valence-corrected chi connectivity index (χ1v) is 17.5. The first-order chi connectivity index (χ1) is 26.0. The number of nitrogens with zero attached hydrogens (tertiary/aromatic N) is 2. The molecule has 10 rings (SSSR count). The molecule has 0 fully saturated rings. The fourth-order valence-electron chi connectivity index (χ4n) is 7.92. The zero-order valence-electron chi connectivity index (χ0n) is 28.3. The quantitative estimate of drug-likeness (QED) is 0.170. The van der Waals surface area contributed by atoms with Gasteiger partial charge in [-0.2, -0.15) is 0 Å². The van der Waals surface area contributed by atoms with E-state index in [1.165, 1.54) is 18.2 Å². The molecule has 10 aromatic rings. The van der Waals surface area contributed by atoms with E-state index >= 15 is 13.2 Å². The number of hydrogen-bond acceptors (Lipinski definition) is 0. The highest BCUT2D eigenvalue weighted by atomic mass is 19.1. The average molecular weight is 691 g/mol. The van der Waals surface area contributed by atoms with Gasteiger partial charge in [-0.15, -0.1) is 0 Å². The van der Waals surface area contributed by atoms with Crippen LogP contribution in [0.25, 0.3) is 88.4 Å². The van der Waals surface area contributed by atoms with Crippen molar-refractivity contribution in [1.82, 2.24) is 9.13 Å². The molecule has 0 N–H and O–H groups in total. The van der Waals surface area contributed by atoms with Gasteiger partial charge in [0.25, 0.3) is 0 Å². The van der Waals surface area contributed by atoms with Gasteiger partial charge in [-0.3, -0.25) is 0 Å². The monoisotopic (exact) mass is 690 g/mol. The molecule has 2 aromatic heterocycles. The maximum atomic E-state index is 15.3. The molecular formula is C48H29F3N2. The molecule has 252 valence electrons. The highest BCUT2D eigenvalue weighted by Gasteiger charge is 2.19. The topological polar surface area (TPSA) is 9.86 Å². The van der Waals surface area contributed by atoms with Gasteiger partial charge < -0.3 is 9.13 Å². The SMILES string of the molecule is Fc1ccccc1-c1cc(-c2ccccc2F)cc(-n2c3ccccc3c3cc(-c4ccc5c(c4)c4ccccc4n5-c4ccccc4F)ccc32)c1. The van der Waals surface area contributed by atoms with Crippen molar-refractivity contribution >= 4 is 43.6 Å². The van der Waals surface area contributed by atoms with Crippen molar-refractivity contribution in [1.29, 1.82) is 0 Å². The van der Waals surface area contributed by atoms with Gasteiger partial charge in [-0.25, -0.2) is 13.2 Å². The molecule has 0 aliphatic rings. The van der Waals surface area contributed by atoms with Crippen LogP contribution in [-0.4, -0.2) is 9.13 Å². The van der Waals surface area contributed by atoms with Crippen molar-refractivity contribution in [3.05, 3.63) is 193 Å². The van der Waals surface area contributed by atoms with Crippen LogP contribution in [0.2, 0.25) is 0 Å². The Kier molecular flexibility index (Phi) is 7.08. The van der Waals surface area contributed by atoms with Gasteiger partial charge in [-0.1, -0.05) is 97.1 Å². The summed E-state index contributed by atoms with van der Waals surface area (Å²) in [5.41, 5.74) is 9.41. The number of hydrogen-bond donors (Lipinski definition) is 0. The molecule has 2 nitrogen and oxygen atoms in total. The number of benzene rings is 8. The Balaban J connectivity index is 1.18. The molecule has 0 unspecified atom stereocenters. The predicted molar refractivity (Wildman–Crippen MR) is 211 cm³/mol. The summed E-state index contributed by atoms with van der Waals surface area (Å²) < 4.78 is 49.8. The number of para-hydroxylation sites is 3. The second kappa shape index (κ2) is 12.1. The lowest BCUT2D eigenvalue weighted by Gasteiger charge is -2.15. The Hall–Kier alpha value is -6.85. The minimum Gasteiger partial charge on any atom is -0.309 e. The van der Waals surface area contributed by atoms with Gasteiger partial charge in [0.2, 0.25) is 0 Å². The molecule has 0 saturated heterocycles. The van der Waals surface area contributed by atoms with E-state index in [1.807, 2.05) is 77.4 Å². The van der Waals surface area contributed by atoms with Crippen molar-refractivity contribution in [3.8, 4) is 44.8 Å². The predicted octanol–water partition coefficient (Wildman–Crippen LogP) is 13.3. The molecule has 2 heterocycles.